The zero-order chi connectivity index (χ0) is 15.4. The van der Waals surface area contributed by atoms with Crippen LogP contribution in [0.15, 0.2) is 18.2 Å². The lowest BCUT2D eigenvalue weighted by Crippen LogP contribution is -2.39. The Morgan fingerprint density at radius 2 is 1.50 bits per heavy atom. The van der Waals surface area contributed by atoms with Crippen LogP contribution in [-0.2, 0) is 4.76 Å². The molecule has 1 aromatic rings. The van der Waals surface area contributed by atoms with Crippen LogP contribution in [0.1, 0.15) is 87.2 Å². The first-order chi connectivity index (χ1) is 10.8. The summed E-state index contributed by atoms with van der Waals surface area (Å²) in [5.74, 6) is 6.48. The summed E-state index contributed by atoms with van der Waals surface area (Å²) in [6.07, 6.45) is 13.0. The molecule has 2 aliphatic carbocycles. The van der Waals surface area contributed by atoms with Crippen molar-refractivity contribution in [1.82, 2.24) is 0 Å². The van der Waals surface area contributed by atoms with Crippen LogP contribution < -0.4 is 11.4 Å². The van der Waals surface area contributed by atoms with Crippen molar-refractivity contribution in [2.45, 2.75) is 76.0 Å². The molecule has 22 heavy (non-hydrogen) atoms. The van der Waals surface area contributed by atoms with Crippen molar-refractivity contribution in [3.8, 4) is 0 Å². The molecule has 0 saturated heterocycles. The maximum Gasteiger partial charge on any atom is 0.508 e. The van der Waals surface area contributed by atoms with Crippen molar-refractivity contribution in [3.05, 3.63) is 29.3 Å². The standard InChI is InChI=1S/C18H28BNO2/c20-22-19(21)18-12-11-16(14-7-3-1-4-8-14)13-17(18)15-9-5-2-6-10-15/h11-15,21H,1-10,20H2. The van der Waals surface area contributed by atoms with Crippen molar-refractivity contribution in [2.75, 3.05) is 0 Å². The molecule has 0 spiro atoms. The SMILES string of the molecule is NOB(O)c1ccc(C2CCCCC2)cc1C1CCCCC1. The van der Waals surface area contributed by atoms with Crippen LogP contribution in [0.4, 0.5) is 0 Å². The minimum absolute atomic E-state index is 0.553. The van der Waals surface area contributed by atoms with Gasteiger partial charge in [0.15, 0.2) is 0 Å². The third-order valence-corrected chi connectivity index (χ3v) is 5.63. The van der Waals surface area contributed by atoms with Gasteiger partial charge in [-0.15, -0.1) is 0 Å². The van der Waals surface area contributed by atoms with Crippen molar-refractivity contribution in [3.63, 3.8) is 0 Å². The average molecular weight is 301 g/mol. The van der Waals surface area contributed by atoms with Gasteiger partial charge in [-0.05, 0) is 54.1 Å². The van der Waals surface area contributed by atoms with E-state index in [2.05, 4.69) is 12.1 Å². The molecule has 0 aliphatic heterocycles. The van der Waals surface area contributed by atoms with Crippen LogP contribution in [0.3, 0.4) is 0 Å². The fraction of sp³-hybridized carbons (Fsp3) is 0.667. The van der Waals surface area contributed by atoms with E-state index in [0.29, 0.717) is 11.8 Å². The maximum absolute atomic E-state index is 10.1. The molecular formula is C18H28BNO2. The highest BCUT2D eigenvalue weighted by Crippen LogP contribution is 2.36. The van der Waals surface area contributed by atoms with Crippen LogP contribution in [0.2, 0.25) is 0 Å². The Morgan fingerprint density at radius 1 is 0.909 bits per heavy atom. The first-order valence-electron chi connectivity index (χ1n) is 8.97. The Kier molecular flexibility index (Phi) is 5.56. The van der Waals surface area contributed by atoms with Gasteiger partial charge in [0.1, 0.15) is 0 Å². The molecule has 0 heterocycles. The first-order valence-corrected chi connectivity index (χ1v) is 8.97. The number of nitrogens with two attached hydrogens (primary N) is 1. The molecule has 3 nitrogen and oxygen atoms in total. The Morgan fingerprint density at radius 3 is 2.09 bits per heavy atom. The maximum atomic E-state index is 10.1. The lowest BCUT2D eigenvalue weighted by Gasteiger charge is -2.28. The first kappa shape index (κ1) is 16.0. The summed E-state index contributed by atoms with van der Waals surface area (Å²) >= 11 is 0. The van der Waals surface area contributed by atoms with E-state index in [1.807, 2.05) is 6.07 Å². The van der Waals surface area contributed by atoms with E-state index in [1.165, 1.54) is 75.3 Å². The predicted octanol–water partition coefficient (Wildman–Crippen LogP) is 3.36. The lowest BCUT2D eigenvalue weighted by molar-refractivity contribution is 0.280. The van der Waals surface area contributed by atoms with Gasteiger partial charge in [0, 0.05) is 0 Å². The second kappa shape index (κ2) is 7.63. The smallest absolute Gasteiger partial charge is 0.422 e. The molecule has 2 fully saturated rings. The van der Waals surface area contributed by atoms with Crippen LogP contribution in [0.25, 0.3) is 0 Å². The number of hydrogen-bond acceptors (Lipinski definition) is 3. The fourth-order valence-corrected chi connectivity index (χ4v) is 4.35. The zero-order valence-electron chi connectivity index (χ0n) is 13.5. The Bertz CT molecular complexity index is 482. The molecule has 0 radical (unpaired) electrons. The molecule has 0 atom stereocenters. The quantitative estimate of drug-likeness (QED) is 0.662. The lowest BCUT2D eigenvalue weighted by atomic mass is 9.69. The summed E-state index contributed by atoms with van der Waals surface area (Å²) in [6.45, 7) is 0. The molecule has 0 unspecified atom stereocenters. The minimum Gasteiger partial charge on any atom is -0.422 e. The topological polar surface area (TPSA) is 55.5 Å². The van der Waals surface area contributed by atoms with E-state index in [0.717, 1.165) is 5.46 Å². The number of benzene rings is 1. The monoisotopic (exact) mass is 301 g/mol. The molecule has 120 valence electrons. The summed E-state index contributed by atoms with van der Waals surface area (Å²) in [7, 11) is -1.00. The van der Waals surface area contributed by atoms with Gasteiger partial charge in [-0.2, -0.15) is 0 Å². The molecule has 1 aromatic carbocycles. The van der Waals surface area contributed by atoms with E-state index in [1.54, 1.807) is 0 Å². The Hall–Kier alpha value is -0.835. The van der Waals surface area contributed by atoms with Crippen LogP contribution in [0, 0.1) is 0 Å². The van der Waals surface area contributed by atoms with Gasteiger partial charge < -0.3 is 9.78 Å². The molecule has 2 aliphatic rings. The highest BCUT2D eigenvalue weighted by molar-refractivity contribution is 6.60. The third kappa shape index (κ3) is 3.56. The summed E-state index contributed by atoms with van der Waals surface area (Å²) < 4.78 is 4.71. The van der Waals surface area contributed by atoms with Crippen molar-refractivity contribution in [1.29, 1.82) is 0 Å². The zero-order valence-corrected chi connectivity index (χ0v) is 13.5. The largest absolute Gasteiger partial charge is 0.508 e. The highest BCUT2D eigenvalue weighted by atomic mass is 16.6. The fourth-order valence-electron chi connectivity index (χ4n) is 4.35. The van der Waals surface area contributed by atoms with Gasteiger partial charge in [-0.1, -0.05) is 56.7 Å². The molecular weight excluding hydrogens is 273 g/mol. The summed E-state index contributed by atoms with van der Waals surface area (Å²) in [6, 6.07) is 6.58. The van der Waals surface area contributed by atoms with Gasteiger partial charge in [-0.3, -0.25) is 0 Å². The van der Waals surface area contributed by atoms with Gasteiger partial charge in [0.2, 0.25) is 0 Å². The third-order valence-electron chi connectivity index (χ3n) is 5.63. The molecule has 4 heteroatoms. The summed E-state index contributed by atoms with van der Waals surface area (Å²) in [4.78, 5) is 0. The van der Waals surface area contributed by atoms with Crippen molar-refractivity contribution in [2.24, 2.45) is 5.90 Å². The second-order valence-corrected chi connectivity index (χ2v) is 7.05. The minimum atomic E-state index is -1.00. The normalized spacial score (nSPS) is 21.0. The van der Waals surface area contributed by atoms with E-state index in [4.69, 9.17) is 10.7 Å². The van der Waals surface area contributed by atoms with E-state index in [-0.39, 0.29) is 0 Å². The molecule has 0 aromatic heterocycles. The van der Waals surface area contributed by atoms with E-state index in [9.17, 15) is 5.02 Å². The molecule has 3 N–H and O–H groups in total. The van der Waals surface area contributed by atoms with Gasteiger partial charge >= 0.3 is 7.12 Å². The highest BCUT2D eigenvalue weighted by Gasteiger charge is 2.27. The Balaban J connectivity index is 1.90. The number of rotatable bonds is 4. The number of hydrogen-bond donors (Lipinski definition) is 2. The molecule has 3 rings (SSSR count). The molecule has 0 bridgehead atoms. The van der Waals surface area contributed by atoms with Crippen molar-refractivity contribution < 1.29 is 9.78 Å². The second-order valence-electron chi connectivity index (χ2n) is 7.05. The van der Waals surface area contributed by atoms with Crippen molar-refractivity contribution >= 4 is 12.6 Å². The van der Waals surface area contributed by atoms with E-state index >= 15 is 0 Å². The molecule has 0 amide bonds. The van der Waals surface area contributed by atoms with Gasteiger partial charge in [-0.25, -0.2) is 5.90 Å². The molecule has 2 saturated carbocycles. The summed E-state index contributed by atoms with van der Waals surface area (Å²) in [5, 5.41) is 10.1. The average Bonchev–Trinajstić information content (AvgIpc) is 2.62. The van der Waals surface area contributed by atoms with Crippen LogP contribution in [0.5, 0.6) is 0 Å². The van der Waals surface area contributed by atoms with Crippen LogP contribution in [-0.4, -0.2) is 12.1 Å². The van der Waals surface area contributed by atoms with Gasteiger partial charge in [0.25, 0.3) is 0 Å². The van der Waals surface area contributed by atoms with E-state index < -0.39 is 7.12 Å². The van der Waals surface area contributed by atoms with Crippen LogP contribution >= 0.6 is 0 Å². The predicted molar refractivity (Wildman–Crippen MR) is 91.0 cm³/mol. The van der Waals surface area contributed by atoms with Gasteiger partial charge in [0.05, 0.1) is 0 Å². The Labute approximate surface area is 134 Å². The summed E-state index contributed by atoms with van der Waals surface area (Å²) in [5.41, 5.74) is 3.60.